The summed E-state index contributed by atoms with van der Waals surface area (Å²) in [6, 6.07) is 0. The van der Waals surface area contributed by atoms with E-state index in [1.165, 1.54) is 57.8 Å². The molecule has 312 valence electrons. The fraction of sp³-hybridized carbons (Fsp3) is 0.915. The number of amides is 1. The Morgan fingerprint density at radius 1 is 0.907 bits per heavy atom. The van der Waals surface area contributed by atoms with Gasteiger partial charge in [0.25, 0.3) is 0 Å². The number of carbonyl (C=O) groups is 2. The van der Waals surface area contributed by atoms with Crippen molar-refractivity contribution < 1.29 is 14.3 Å². The van der Waals surface area contributed by atoms with Gasteiger partial charge in [0.2, 0.25) is 5.91 Å². The van der Waals surface area contributed by atoms with Crippen molar-refractivity contribution in [3.63, 3.8) is 0 Å². The highest BCUT2D eigenvalue weighted by atomic mass is 16.5. The molecule has 4 aliphatic carbocycles. The number of rotatable bonds is 22. The maximum Gasteiger partial charge on any atom is 0.306 e. The molecule has 1 amide bonds. The van der Waals surface area contributed by atoms with Gasteiger partial charge in [0, 0.05) is 43.4 Å². The normalized spacial score (nSPS) is 30.3. The van der Waals surface area contributed by atoms with Gasteiger partial charge in [-0.3, -0.25) is 9.59 Å². The SMILES string of the molecule is CCC(CCCC1CCC2C3CC=C4CC(OC(=O)CCCC(=O)N(CCCCNCCC(C)(C)N)CCC(C)(C)N)CCC4(C)C3CCC12C)C(C)C. The molecular weight excluding hydrogens is 669 g/mol. The fourth-order valence-electron chi connectivity index (χ4n) is 11.6. The summed E-state index contributed by atoms with van der Waals surface area (Å²) in [5.74, 6) is 5.04. The summed E-state index contributed by atoms with van der Waals surface area (Å²) >= 11 is 0. The minimum absolute atomic E-state index is 0.0283. The van der Waals surface area contributed by atoms with Crippen molar-refractivity contribution in [1.82, 2.24) is 10.2 Å². The van der Waals surface area contributed by atoms with Crippen LogP contribution in [0.15, 0.2) is 11.6 Å². The zero-order chi connectivity index (χ0) is 39.7. The average molecular weight is 755 g/mol. The van der Waals surface area contributed by atoms with Crippen LogP contribution < -0.4 is 16.8 Å². The fourth-order valence-corrected chi connectivity index (χ4v) is 11.6. The minimum Gasteiger partial charge on any atom is -0.462 e. The van der Waals surface area contributed by atoms with Crippen molar-refractivity contribution in [2.45, 2.75) is 201 Å². The van der Waals surface area contributed by atoms with E-state index in [1.54, 1.807) is 5.57 Å². The van der Waals surface area contributed by atoms with E-state index >= 15 is 0 Å². The Bertz CT molecular complexity index is 1220. The second-order valence-corrected chi connectivity index (χ2v) is 20.9. The topological polar surface area (TPSA) is 111 Å². The van der Waals surface area contributed by atoms with Gasteiger partial charge in [-0.05, 0) is 171 Å². The summed E-state index contributed by atoms with van der Waals surface area (Å²) < 4.78 is 6.13. The highest BCUT2D eigenvalue weighted by Crippen LogP contribution is 2.67. The number of carbonyl (C=O) groups excluding carboxylic acids is 2. The molecule has 7 heteroatoms. The largest absolute Gasteiger partial charge is 0.462 e. The van der Waals surface area contributed by atoms with Crippen molar-refractivity contribution in [1.29, 1.82) is 0 Å². The lowest BCUT2D eigenvalue weighted by atomic mass is 9.47. The van der Waals surface area contributed by atoms with Crippen LogP contribution in [0, 0.1) is 46.3 Å². The quantitative estimate of drug-likeness (QED) is 0.0577. The van der Waals surface area contributed by atoms with Gasteiger partial charge in [-0.25, -0.2) is 0 Å². The lowest BCUT2D eigenvalue weighted by Crippen LogP contribution is -2.50. The van der Waals surface area contributed by atoms with Crippen molar-refractivity contribution in [2.24, 2.45) is 57.8 Å². The molecule has 8 atom stereocenters. The Kier molecular flexibility index (Phi) is 16.6. The number of ether oxygens (including phenoxy) is 1. The first-order valence-electron chi connectivity index (χ1n) is 22.8. The van der Waals surface area contributed by atoms with Crippen LogP contribution in [0.1, 0.15) is 184 Å². The molecule has 4 aliphatic rings. The van der Waals surface area contributed by atoms with E-state index in [1.807, 2.05) is 18.7 Å². The maximum absolute atomic E-state index is 13.3. The molecule has 0 aliphatic heterocycles. The molecule has 0 radical (unpaired) electrons. The van der Waals surface area contributed by atoms with Gasteiger partial charge in [-0.2, -0.15) is 0 Å². The van der Waals surface area contributed by atoms with Crippen molar-refractivity contribution >= 4 is 11.9 Å². The zero-order valence-corrected chi connectivity index (χ0v) is 36.7. The summed E-state index contributed by atoms with van der Waals surface area (Å²) in [7, 11) is 0. The number of nitrogens with one attached hydrogen (secondary N) is 1. The third-order valence-electron chi connectivity index (χ3n) is 15.3. The van der Waals surface area contributed by atoms with E-state index < -0.39 is 0 Å². The summed E-state index contributed by atoms with van der Waals surface area (Å²) in [6.07, 6.45) is 22.8. The van der Waals surface area contributed by atoms with Crippen molar-refractivity contribution in [3.05, 3.63) is 11.6 Å². The molecule has 0 aromatic heterocycles. The molecule has 0 spiro atoms. The smallest absolute Gasteiger partial charge is 0.306 e. The molecule has 8 unspecified atom stereocenters. The first-order valence-corrected chi connectivity index (χ1v) is 22.8. The molecule has 7 nitrogen and oxygen atoms in total. The Hall–Kier alpha value is -1.44. The summed E-state index contributed by atoms with van der Waals surface area (Å²) in [5, 5.41) is 3.48. The van der Waals surface area contributed by atoms with Crippen LogP contribution in [0.3, 0.4) is 0 Å². The van der Waals surface area contributed by atoms with Crippen LogP contribution in [-0.2, 0) is 14.3 Å². The average Bonchev–Trinajstić information content (AvgIpc) is 3.42. The minimum atomic E-state index is -0.327. The Labute approximate surface area is 332 Å². The molecule has 54 heavy (non-hydrogen) atoms. The lowest BCUT2D eigenvalue weighted by molar-refractivity contribution is -0.151. The van der Waals surface area contributed by atoms with Crippen LogP contribution >= 0.6 is 0 Å². The number of fused-ring (bicyclic) bond motifs is 5. The third-order valence-corrected chi connectivity index (χ3v) is 15.3. The van der Waals surface area contributed by atoms with Gasteiger partial charge in [-0.15, -0.1) is 0 Å². The number of hydrogen-bond donors (Lipinski definition) is 3. The van der Waals surface area contributed by atoms with Gasteiger partial charge in [0.05, 0.1) is 0 Å². The van der Waals surface area contributed by atoms with Crippen LogP contribution in [0.25, 0.3) is 0 Å². The second-order valence-electron chi connectivity index (χ2n) is 20.9. The lowest BCUT2D eigenvalue weighted by Gasteiger charge is -2.58. The third kappa shape index (κ3) is 12.5. The molecule has 0 saturated heterocycles. The number of nitrogens with zero attached hydrogens (tertiary/aromatic N) is 1. The predicted molar refractivity (Wildman–Crippen MR) is 226 cm³/mol. The predicted octanol–water partition coefficient (Wildman–Crippen LogP) is 9.95. The monoisotopic (exact) mass is 755 g/mol. The van der Waals surface area contributed by atoms with Crippen molar-refractivity contribution in [3.8, 4) is 0 Å². The second kappa shape index (κ2) is 19.8. The Morgan fingerprint density at radius 2 is 1.65 bits per heavy atom. The van der Waals surface area contributed by atoms with Crippen LogP contribution in [-0.4, -0.2) is 60.1 Å². The molecule has 0 aromatic carbocycles. The highest BCUT2D eigenvalue weighted by Gasteiger charge is 2.58. The van der Waals surface area contributed by atoms with Crippen LogP contribution in [0.2, 0.25) is 0 Å². The number of unbranched alkanes of at least 4 members (excludes halogenated alkanes) is 1. The number of allylic oxidation sites excluding steroid dienone is 1. The standard InChI is InChI=1S/C47H86N4O3/c1-10-35(34(2)3)15-13-16-36-20-22-40-39-21-19-37-33-38(23-25-47(37,9)41(39)24-26-46(36,40)8)54-43(53)18-14-17-42(52)51(32-28-45(6,7)49)31-12-11-29-50-30-27-44(4,5)48/h19,34-36,38-41,50H,10-18,20-33,48-49H2,1-9H3. The van der Waals surface area contributed by atoms with Gasteiger partial charge in [0.1, 0.15) is 6.10 Å². The van der Waals surface area contributed by atoms with Gasteiger partial charge in [-0.1, -0.05) is 65.5 Å². The van der Waals surface area contributed by atoms with E-state index in [0.717, 1.165) is 100 Å². The highest BCUT2D eigenvalue weighted by molar-refractivity contribution is 5.77. The number of nitrogens with two attached hydrogens (primary N) is 2. The summed E-state index contributed by atoms with van der Waals surface area (Å²) in [5.41, 5.74) is 14.2. The van der Waals surface area contributed by atoms with Crippen molar-refractivity contribution in [2.75, 3.05) is 26.2 Å². The van der Waals surface area contributed by atoms with E-state index in [4.69, 9.17) is 16.2 Å². The molecule has 0 heterocycles. The van der Waals surface area contributed by atoms with Crippen LogP contribution in [0.5, 0.6) is 0 Å². The summed E-state index contributed by atoms with van der Waals surface area (Å²) in [6.45, 7) is 23.7. The zero-order valence-electron chi connectivity index (χ0n) is 36.7. The molecular formula is C47H86N4O3. The summed E-state index contributed by atoms with van der Waals surface area (Å²) in [4.78, 5) is 28.4. The first kappa shape index (κ1) is 45.3. The van der Waals surface area contributed by atoms with E-state index in [0.29, 0.717) is 31.2 Å². The molecule has 0 aromatic rings. The van der Waals surface area contributed by atoms with Gasteiger partial charge < -0.3 is 26.4 Å². The van der Waals surface area contributed by atoms with E-state index in [2.05, 4.69) is 59.9 Å². The van der Waals surface area contributed by atoms with E-state index in [-0.39, 0.29) is 34.5 Å². The molecule has 0 bridgehead atoms. The molecule has 3 saturated carbocycles. The maximum atomic E-state index is 13.3. The van der Waals surface area contributed by atoms with Gasteiger partial charge >= 0.3 is 5.97 Å². The number of hydrogen-bond acceptors (Lipinski definition) is 6. The number of esters is 1. The van der Waals surface area contributed by atoms with Gasteiger partial charge in [0.15, 0.2) is 0 Å². The van der Waals surface area contributed by atoms with E-state index in [9.17, 15) is 9.59 Å². The Balaban J connectivity index is 1.21. The molecule has 4 rings (SSSR count). The first-order chi connectivity index (χ1) is 25.4. The molecule has 5 N–H and O–H groups in total. The Morgan fingerprint density at radius 3 is 2.33 bits per heavy atom. The molecule has 3 fully saturated rings. The van der Waals surface area contributed by atoms with Crippen LogP contribution in [0.4, 0.5) is 0 Å².